The van der Waals surface area contributed by atoms with E-state index in [2.05, 4.69) is 20.1 Å². The van der Waals surface area contributed by atoms with Gasteiger partial charge in [0.05, 0.1) is 5.69 Å². The second kappa shape index (κ2) is 8.93. The van der Waals surface area contributed by atoms with E-state index in [1.54, 1.807) is 35.4 Å². The van der Waals surface area contributed by atoms with E-state index in [1.807, 2.05) is 17.2 Å². The van der Waals surface area contributed by atoms with E-state index < -0.39 is 9.84 Å². The number of carbonyl (C=O) groups is 1. The average molecular weight is 441 g/mol. The lowest BCUT2D eigenvalue weighted by molar-refractivity contribution is -0.132. The Morgan fingerprint density at radius 2 is 1.90 bits per heavy atom. The third-order valence-electron chi connectivity index (χ3n) is 5.47. The summed E-state index contributed by atoms with van der Waals surface area (Å²) in [4.78, 5) is 27.5. The van der Waals surface area contributed by atoms with Crippen LogP contribution >= 0.6 is 0 Å². The quantitative estimate of drug-likeness (QED) is 0.576. The molecule has 1 aliphatic heterocycles. The summed E-state index contributed by atoms with van der Waals surface area (Å²) in [5, 5.41) is 4.12. The fourth-order valence-electron chi connectivity index (χ4n) is 3.81. The SMILES string of the molecule is CS(=O)(=O)c1cnc(-c2ccncc2)nc1C1CCN(C(=O)CCn2cccn2)CC1. The Bertz CT molecular complexity index is 1140. The lowest BCUT2D eigenvalue weighted by Gasteiger charge is -2.32. The highest BCUT2D eigenvalue weighted by Gasteiger charge is 2.29. The molecule has 162 valence electrons. The van der Waals surface area contributed by atoms with Gasteiger partial charge in [-0.2, -0.15) is 5.10 Å². The molecule has 0 N–H and O–H groups in total. The van der Waals surface area contributed by atoms with Gasteiger partial charge in [-0.05, 0) is 31.0 Å². The number of pyridine rings is 1. The van der Waals surface area contributed by atoms with Crippen LogP contribution in [0.2, 0.25) is 0 Å². The maximum atomic E-state index is 12.6. The van der Waals surface area contributed by atoms with Crippen LogP contribution in [0.4, 0.5) is 0 Å². The van der Waals surface area contributed by atoms with Gasteiger partial charge in [0.15, 0.2) is 15.7 Å². The van der Waals surface area contributed by atoms with Gasteiger partial charge < -0.3 is 4.90 Å². The monoisotopic (exact) mass is 440 g/mol. The molecule has 0 radical (unpaired) electrons. The molecule has 4 heterocycles. The van der Waals surface area contributed by atoms with Crippen LogP contribution in [-0.2, 0) is 21.2 Å². The number of nitrogens with zero attached hydrogens (tertiary/aromatic N) is 6. The van der Waals surface area contributed by atoms with E-state index in [0.29, 0.717) is 50.4 Å². The van der Waals surface area contributed by atoms with Crippen LogP contribution in [0.15, 0.2) is 54.1 Å². The van der Waals surface area contributed by atoms with Gasteiger partial charge in [0.2, 0.25) is 5.91 Å². The Morgan fingerprint density at radius 1 is 1.16 bits per heavy atom. The summed E-state index contributed by atoms with van der Waals surface area (Å²) in [6.45, 7) is 1.69. The number of piperidine rings is 1. The molecular formula is C21H24N6O3S. The highest BCUT2D eigenvalue weighted by Crippen LogP contribution is 2.32. The largest absolute Gasteiger partial charge is 0.343 e. The van der Waals surface area contributed by atoms with Gasteiger partial charge in [0.1, 0.15) is 4.90 Å². The molecule has 1 fully saturated rings. The van der Waals surface area contributed by atoms with Crippen molar-refractivity contribution in [2.75, 3.05) is 19.3 Å². The van der Waals surface area contributed by atoms with Gasteiger partial charge in [-0.3, -0.25) is 14.5 Å². The third-order valence-corrected chi connectivity index (χ3v) is 6.58. The number of aromatic nitrogens is 5. The number of amides is 1. The molecular weight excluding hydrogens is 416 g/mol. The van der Waals surface area contributed by atoms with Crippen molar-refractivity contribution in [3.05, 3.63) is 54.9 Å². The highest BCUT2D eigenvalue weighted by atomic mass is 32.2. The standard InChI is InChI=1S/C21H24N6O3S/c1-31(29,30)18-15-23-21(17-3-9-22-10-4-17)25-20(18)16-5-12-26(13-6-16)19(28)7-14-27-11-2-8-24-27/h2-4,8-11,15-16H,5-7,12-14H2,1H3. The summed E-state index contributed by atoms with van der Waals surface area (Å²) < 4.78 is 26.4. The average Bonchev–Trinajstić information content (AvgIpc) is 3.31. The van der Waals surface area contributed by atoms with Crippen molar-refractivity contribution < 1.29 is 13.2 Å². The fraction of sp³-hybridized carbons (Fsp3) is 0.381. The van der Waals surface area contributed by atoms with Crippen LogP contribution in [-0.4, -0.2) is 63.3 Å². The molecule has 10 heteroatoms. The van der Waals surface area contributed by atoms with Crippen molar-refractivity contribution in [2.45, 2.75) is 36.6 Å². The number of hydrogen-bond donors (Lipinski definition) is 0. The summed E-state index contributed by atoms with van der Waals surface area (Å²) in [5.41, 5.74) is 1.32. The normalized spacial score (nSPS) is 15.2. The van der Waals surface area contributed by atoms with E-state index >= 15 is 0 Å². The van der Waals surface area contributed by atoms with Crippen molar-refractivity contribution in [1.29, 1.82) is 0 Å². The lowest BCUT2D eigenvalue weighted by atomic mass is 9.93. The van der Waals surface area contributed by atoms with Crippen molar-refractivity contribution in [3.63, 3.8) is 0 Å². The maximum Gasteiger partial charge on any atom is 0.224 e. The highest BCUT2D eigenvalue weighted by molar-refractivity contribution is 7.90. The molecule has 0 atom stereocenters. The molecule has 1 aliphatic rings. The van der Waals surface area contributed by atoms with Crippen molar-refractivity contribution in [3.8, 4) is 11.4 Å². The molecule has 1 amide bonds. The molecule has 31 heavy (non-hydrogen) atoms. The Hall–Kier alpha value is -3.14. The topological polar surface area (TPSA) is 111 Å². The smallest absolute Gasteiger partial charge is 0.224 e. The molecule has 9 nitrogen and oxygen atoms in total. The van der Waals surface area contributed by atoms with Crippen LogP contribution in [0.3, 0.4) is 0 Å². The first-order valence-electron chi connectivity index (χ1n) is 10.1. The Morgan fingerprint density at radius 3 is 2.55 bits per heavy atom. The summed E-state index contributed by atoms with van der Waals surface area (Å²) in [6, 6.07) is 5.41. The van der Waals surface area contributed by atoms with Gasteiger partial charge in [0, 0.05) is 74.8 Å². The first-order chi connectivity index (χ1) is 14.9. The van der Waals surface area contributed by atoms with Crippen molar-refractivity contribution in [1.82, 2.24) is 29.6 Å². The summed E-state index contributed by atoms with van der Waals surface area (Å²) >= 11 is 0. The van der Waals surface area contributed by atoms with E-state index in [1.165, 1.54) is 12.5 Å². The fourth-order valence-corrected chi connectivity index (χ4v) is 4.64. The number of rotatable bonds is 6. The van der Waals surface area contributed by atoms with Crippen LogP contribution in [0.5, 0.6) is 0 Å². The molecule has 0 spiro atoms. The molecule has 3 aromatic rings. The molecule has 3 aromatic heterocycles. The summed E-state index contributed by atoms with van der Waals surface area (Å²) in [6.07, 6.45) is 11.1. The number of likely N-dealkylation sites (tertiary alicyclic amines) is 1. The molecule has 0 saturated carbocycles. The molecule has 0 bridgehead atoms. The zero-order valence-electron chi connectivity index (χ0n) is 17.3. The van der Waals surface area contributed by atoms with Gasteiger partial charge in [-0.25, -0.2) is 18.4 Å². The van der Waals surface area contributed by atoms with Crippen molar-refractivity contribution in [2.24, 2.45) is 0 Å². The molecule has 0 unspecified atom stereocenters. The zero-order chi connectivity index (χ0) is 21.8. The van der Waals surface area contributed by atoms with E-state index in [-0.39, 0.29) is 16.7 Å². The minimum absolute atomic E-state index is 0.0523. The second-order valence-corrected chi connectivity index (χ2v) is 9.61. The number of aryl methyl sites for hydroxylation is 1. The van der Waals surface area contributed by atoms with Gasteiger partial charge in [0.25, 0.3) is 0 Å². The second-order valence-electron chi connectivity index (χ2n) is 7.63. The Balaban J connectivity index is 1.49. The third kappa shape index (κ3) is 4.96. The van der Waals surface area contributed by atoms with Crippen LogP contribution in [0, 0.1) is 0 Å². The van der Waals surface area contributed by atoms with Gasteiger partial charge in [-0.1, -0.05) is 0 Å². The van der Waals surface area contributed by atoms with E-state index in [4.69, 9.17) is 0 Å². The lowest BCUT2D eigenvalue weighted by Crippen LogP contribution is -2.38. The maximum absolute atomic E-state index is 12.6. The van der Waals surface area contributed by atoms with Crippen LogP contribution in [0.1, 0.15) is 30.9 Å². The predicted molar refractivity (Wildman–Crippen MR) is 114 cm³/mol. The van der Waals surface area contributed by atoms with Gasteiger partial charge in [-0.15, -0.1) is 0 Å². The van der Waals surface area contributed by atoms with Gasteiger partial charge >= 0.3 is 0 Å². The van der Waals surface area contributed by atoms with E-state index in [0.717, 1.165) is 5.56 Å². The molecule has 4 rings (SSSR count). The molecule has 0 aromatic carbocycles. The Labute approximate surface area is 181 Å². The number of carbonyl (C=O) groups excluding carboxylic acids is 1. The summed E-state index contributed by atoms with van der Waals surface area (Å²) in [7, 11) is -3.47. The first-order valence-corrected chi connectivity index (χ1v) is 12.0. The first kappa shape index (κ1) is 21.1. The number of sulfone groups is 1. The number of hydrogen-bond acceptors (Lipinski definition) is 7. The Kier molecular flexibility index (Phi) is 6.08. The predicted octanol–water partition coefficient (Wildman–Crippen LogP) is 1.93. The minimum atomic E-state index is -3.47. The van der Waals surface area contributed by atoms with Crippen LogP contribution in [0.25, 0.3) is 11.4 Å². The van der Waals surface area contributed by atoms with Crippen molar-refractivity contribution >= 4 is 15.7 Å². The minimum Gasteiger partial charge on any atom is -0.343 e. The van der Waals surface area contributed by atoms with E-state index in [9.17, 15) is 13.2 Å². The molecule has 0 aliphatic carbocycles. The van der Waals surface area contributed by atoms with Crippen LogP contribution < -0.4 is 0 Å². The molecule has 1 saturated heterocycles. The summed E-state index contributed by atoms with van der Waals surface area (Å²) in [5.74, 6) is 0.503. The zero-order valence-corrected chi connectivity index (χ0v) is 18.1.